The first-order chi connectivity index (χ1) is 14.8. The van der Waals surface area contributed by atoms with E-state index in [2.05, 4.69) is 133 Å². The minimum atomic E-state index is 1.19. The third kappa shape index (κ3) is 3.35. The van der Waals surface area contributed by atoms with Gasteiger partial charge in [-0.3, -0.25) is 0 Å². The molecular formula is C29H23N. The Hall–Kier alpha value is -3.84. The molecule has 5 aromatic rings. The Bertz CT molecular complexity index is 1290. The summed E-state index contributed by atoms with van der Waals surface area (Å²) in [6, 6.07) is 43.0. The summed E-state index contributed by atoms with van der Waals surface area (Å²) in [5.41, 5.74) is 7.32. The molecule has 0 spiro atoms. The van der Waals surface area contributed by atoms with E-state index in [0.717, 1.165) is 0 Å². The maximum absolute atomic E-state index is 2.32. The van der Waals surface area contributed by atoms with Gasteiger partial charge in [0.05, 0.1) is 0 Å². The van der Waals surface area contributed by atoms with Gasteiger partial charge in [0, 0.05) is 29.4 Å². The number of para-hydroxylation sites is 1. The van der Waals surface area contributed by atoms with E-state index in [4.69, 9.17) is 0 Å². The van der Waals surface area contributed by atoms with E-state index < -0.39 is 0 Å². The van der Waals surface area contributed by atoms with Gasteiger partial charge in [-0.15, -0.1) is 0 Å². The molecule has 0 unspecified atom stereocenters. The third-order valence-electron chi connectivity index (χ3n) is 5.66. The van der Waals surface area contributed by atoms with Gasteiger partial charge in [0.25, 0.3) is 0 Å². The van der Waals surface area contributed by atoms with E-state index in [1.165, 1.54) is 44.4 Å². The second kappa shape index (κ2) is 7.88. The molecule has 1 nitrogen and oxygen atoms in total. The van der Waals surface area contributed by atoms with Crippen molar-refractivity contribution in [3.8, 4) is 22.3 Å². The molecule has 0 amide bonds. The molecule has 0 saturated heterocycles. The van der Waals surface area contributed by atoms with Crippen LogP contribution in [-0.2, 0) is 0 Å². The summed E-state index contributed by atoms with van der Waals surface area (Å²) < 4.78 is 0. The number of nitrogens with zero attached hydrogens (tertiary/aromatic N) is 1. The Labute approximate surface area is 177 Å². The molecule has 0 bridgehead atoms. The van der Waals surface area contributed by atoms with E-state index in [-0.39, 0.29) is 0 Å². The van der Waals surface area contributed by atoms with Crippen molar-refractivity contribution in [1.29, 1.82) is 0 Å². The van der Waals surface area contributed by atoms with E-state index in [1.807, 2.05) is 0 Å². The van der Waals surface area contributed by atoms with Crippen LogP contribution in [0.3, 0.4) is 0 Å². The molecule has 5 rings (SSSR count). The highest BCUT2D eigenvalue weighted by Gasteiger charge is 2.14. The van der Waals surface area contributed by atoms with E-state index in [0.29, 0.717) is 0 Å². The van der Waals surface area contributed by atoms with Crippen LogP contribution in [0.4, 0.5) is 11.4 Å². The Morgan fingerprint density at radius 3 is 1.83 bits per heavy atom. The Kier molecular flexibility index (Phi) is 4.78. The minimum Gasteiger partial charge on any atom is -0.344 e. The fraction of sp³-hybridized carbons (Fsp3) is 0.0345. The Morgan fingerprint density at radius 2 is 1.07 bits per heavy atom. The van der Waals surface area contributed by atoms with Crippen molar-refractivity contribution in [3.63, 3.8) is 0 Å². The molecule has 0 N–H and O–H groups in total. The van der Waals surface area contributed by atoms with Crippen LogP contribution >= 0.6 is 0 Å². The first-order valence-electron chi connectivity index (χ1n) is 10.3. The zero-order valence-electron chi connectivity index (χ0n) is 17.0. The van der Waals surface area contributed by atoms with Crippen LogP contribution in [0.2, 0.25) is 0 Å². The van der Waals surface area contributed by atoms with Crippen molar-refractivity contribution in [2.24, 2.45) is 0 Å². The Balaban J connectivity index is 1.71. The van der Waals surface area contributed by atoms with Gasteiger partial charge in [0.2, 0.25) is 0 Å². The average molecular weight is 386 g/mol. The van der Waals surface area contributed by atoms with Gasteiger partial charge >= 0.3 is 0 Å². The highest BCUT2D eigenvalue weighted by Crippen LogP contribution is 2.39. The molecule has 0 aromatic heterocycles. The zero-order valence-corrected chi connectivity index (χ0v) is 17.0. The number of benzene rings is 5. The quantitative estimate of drug-likeness (QED) is 0.303. The van der Waals surface area contributed by atoms with Crippen LogP contribution in [-0.4, -0.2) is 7.05 Å². The molecule has 0 saturated carbocycles. The summed E-state index contributed by atoms with van der Waals surface area (Å²) in [5, 5.41) is 2.50. The maximum Gasteiger partial charge on any atom is 0.0494 e. The molecule has 0 aliphatic heterocycles. The molecule has 144 valence electrons. The summed E-state index contributed by atoms with van der Waals surface area (Å²) in [4.78, 5) is 2.32. The summed E-state index contributed by atoms with van der Waals surface area (Å²) in [5.74, 6) is 0. The van der Waals surface area contributed by atoms with Gasteiger partial charge in [-0.25, -0.2) is 0 Å². The lowest BCUT2D eigenvalue weighted by Gasteiger charge is -2.25. The predicted molar refractivity (Wildman–Crippen MR) is 129 cm³/mol. The number of hydrogen-bond acceptors (Lipinski definition) is 1. The van der Waals surface area contributed by atoms with Crippen molar-refractivity contribution < 1.29 is 0 Å². The summed E-state index contributed by atoms with van der Waals surface area (Å²) in [6.07, 6.45) is 0. The summed E-state index contributed by atoms with van der Waals surface area (Å²) in [7, 11) is 2.16. The molecule has 0 fully saturated rings. The van der Waals surface area contributed by atoms with Crippen molar-refractivity contribution >= 4 is 22.1 Å². The topological polar surface area (TPSA) is 3.24 Å². The van der Waals surface area contributed by atoms with Crippen LogP contribution < -0.4 is 4.90 Å². The van der Waals surface area contributed by atoms with Gasteiger partial charge in [-0.2, -0.15) is 0 Å². The van der Waals surface area contributed by atoms with E-state index in [9.17, 15) is 0 Å². The maximum atomic E-state index is 2.32. The van der Waals surface area contributed by atoms with Crippen molar-refractivity contribution in [3.05, 3.63) is 121 Å². The highest BCUT2D eigenvalue weighted by atomic mass is 15.1. The van der Waals surface area contributed by atoms with Crippen molar-refractivity contribution in [2.45, 2.75) is 0 Å². The first kappa shape index (κ1) is 18.2. The lowest BCUT2D eigenvalue weighted by Crippen LogP contribution is -2.11. The number of rotatable bonds is 4. The zero-order chi connectivity index (χ0) is 20.3. The molecule has 0 heterocycles. The highest BCUT2D eigenvalue weighted by molar-refractivity contribution is 6.00. The third-order valence-corrected chi connectivity index (χ3v) is 5.66. The molecular weight excluding hydrogens is 362 g/mol. The lowest BCUT2D eigenvalue weighted by molar-refractivity contribution is 1.22. The van der Waals surface area contributed by atoms with Crippen LogP contribution in [0.5, 0.6) is 0 Å². The minimum absolute atomic E-state index is 1.19. The number of fused-ring (bicyclic) bond motifs is 1. The predicted octanol–water partition coefficient (Wildman–Crippen LogP) is 7.94. The molecule has 1 heteroatoms. The average Bonchev–Trinajstić information content (AvgIpc) is 2.84. The monoisotopic (exact) mass is 385 g/mol. The fourth-order valence-corrected chi connectivity index (χ4v) is 4.12. The van der Waals surface area contributed by atoms with Crippen LogP contribution in [0, 0.1) is 0 Å². The summed E-state index contributed by atoms with van der Waals surface area (Å²) in [6.45, 7) is 0. The van der Waals surface area contributed by atoms with E-state index >= 15 is 0 Å². The molecule has 30 heavy (non-hydrogen) atoms. The van der Waals surface area contributed by atoms with Gasteiger partial charge in [0.15, 0.2) is 0 Å². The first-order valence-corrected chi connectivity index (χ1v) is 10.3. The van der Waals surface area contributed by atoms with Crippen LogP contribution in [0.25, 0.3) is 33.0 Å². The standard InChI is InChI=1S/C29H23N/c1-30(28-19-11-10-17-26(28)23-14-6-3-7-15-23)29-21-25(22-12-4-2-5-13-22)20-24-16-8-9-18-27(24)29/h2-21H,1H3. The van der Waals surface area contributed by atoms with Gasteiger partial charge in [-0.1, -0.05) is 103 Å². The second-order valence-corrected chi connectivity index (χ2v) is 7.52. The van der Waals surface area contributed by atoms with Gasteiger partial charge < -0.3 is 4.90 Å². The van der Waals surface area contributed by atoms with Crippen LogP contribution in [0.1, 0.15) is 0 Å². The molecule has 0 aliphatic carbocycles. The van der Waals surface area contributed by atoms with Gasteiger partial charge in [-0.05, 0) is 40.3 Å². The SMILES string of the molecule is CN(c1ccccc1-c1ccccc1)c1cc(-c2ccccc2)cc2ccccc12. The largest absolute Gasteiger partial charge is 0.344 e. The van der Waals surface area contributed by atoms with Crippen molar-refractivity contribution in [2.75, 3.05) is 11.9 Å². The van der Waals surface area contributed by atoms with Crippen LogP contribution in [0.15, 0.2) is 121 Å². The molecule has 5 aromatic carbocycles. The van der Waals surface area contributed by atoms with E-state index in [1.54, 1.807) is 0 Å². The molecule has 0 aliphatic rings. The summed E-state index contributed by atoms with van der Waals surface area (Å²) >= 11 is 0. The molecule has 0 atom stereocenters. The lowest BCUT2D eigenvalue weighted by atomic mass is 9.98. The second-order valence-electron chi connectivity index (χ2n) is 7.52. The smallest absolute Gasteiger partial charge is 0.0494 e. The fourth-order valence-electron chi connectivity index (χ4n) is 4.12. The number of anilines is 2. The number of hydrogen-bond donors (Lipinski definition) is 0. The Morgan fingerprint density at radius 1 is 0.467 bits per heavy atom. The normalized spacial score (nSPS) is 10.8. The van der Waals surface area contributed by atoms with Crippen molar-refractivity contribution in [1.82, 2.24) is 0 Å². The molecule has 0 radical (unpaired) electrons. The van der Waals surface area contributed by atoms with Gasteiger partial charge in [0.1, 0.15) is 0 Å².